The zero-order valence-corrected chi connectivity index (χ0v) is 18.6. The van der Waals surface area contributed by atoms with Crippen LogP contribution in [0.3, 0.4) is 0 Å². The van der Waals surface area contributed by atoms with Crippen LogP contribution in [-0.4, -0.2) is 30.4 Å². The van der Waals surface area contributed by atoms with Gasteiger partial charge < -0.3 is 15.4 Å². The van der Waals surface area contributed by atoms with Crippen molar-refractivity contribution in [3.63, 3.8) is 0 Å². The molecule has 0 bridgehead atoms. The van der Waals surface area contributed by atoms with Crippen LogP contribution in [0.5, 0.6) is 5.75 Å². The van der Waals surface area contributed by atoms with E-state index in [2.05, 4.69) is 50.5 Å². The van der Waals surface area contributed by atoms with Crippen LogP contribution < -0.4 is 15.4 Å². The smallest absolute Gasteiger partial charge is 0.234 e. The van der Waals surface area contributed by atoms with Gasteiger partial charge in [-0.1, -0.05) is 58.0 Å². The lowest BCUT2D eigenvalue weighted by Gasteiger charge is -2.20. The summed E-state index contributed by atoms with van der Waals surface area (Å²) in [7, 11) is 1.56. The van der Waals surface area contributed by atoms with Crippen molar-refractivity contribution in [2.45, 2.75) is 39.5 Å². The number of hydrogen-bond donors (Lipinski definition) is 2. The summed E-state index contributed by atoms with van der Waals surface area (Å²) in [5, 5.41) is 5.89. The zero-order chi connectivity index (χ0) is 21.4. The summed E-state index contributed by atoms with van der Waals surface area (Å²) >= 11 is 1.29. The minimum atomic E-state index is -0.169. The van der Waals surface area contributed by atoms with E-state index in [1.165, 1.54) is 11.8 Å². The van der Waals surface area contributed by atoms with Crippen molar-refractivity contribution in [1.29, 1.82) is 0 Å². The Balaban J connectivity index is 1.93. The molecule has 0 aliphatic heterocycles. The Morgan fingerprint density at radius 1 is 0.862 bits per heavy atom. The topological polar surface area (TPSA) is 67.4 Å². The van der Waals surface area contributed by atoms with Crippen molar-refractivity contribution < 1.29 is 14.3 Å². The van der Waals surface area contributed by atoms with Gasteiger partial charge in [0.1, 0.15) is 5.75 Å². The lowest BCUT2D eigenvalue weighted by Crippen LogP contribution is -2.20. The number of ether oxygens (including phenoxy) is 1. The fourth-order valence-electron chi connectivity index (χ4n) is 3.04. The Morgan fingerprint density at radius 2 is 1.41 bits per heavy atom. The van der Waals surface area contributed by atoms with Crippen LogP contribution >= 0.6 is 11.8 Å². The first kappa shape index (κ1) is 22.8. The molecule has 2 aromatic carbocycles. The molecule has 0 saturated carbocycles. The summed E-state index contributed by atoms with van der Waals surface area (Å²) in [5.41, 5.74) is 3.78. The van der Waals surface area contributed by atoms with Crippen LogP contribution in [0.1, 0.15) is 50.7 Å². The molecule has 2 N–H and O–H groups in total. The van der Waals surface area contributed by atoms with Crippen LogP contribution in [0.2, 0.25) is 0 Å². The Labute approximate surface area is 177 Å². The zero-order valence-electron chi connectivity index (χ0n) is 17.7. The molecule has 2 amide bonds. The van der Waals surface area contributed by atoms with Crippen LogP contribution in [-0.2, 0) is 9.59 Å². The molecule has 29 heavy (non-hydrogen) atoms. The van der Waals surface area contributed by atoms with Crippen LogP contribution in [0.25, 0.3) is 0 Å². The molecule has 0 radical (unpaired) electrons. The highest BCUT2D eigenvalue weighted by atomic mass is 32.2. The number of rotatable bonds is 9. The number of para-hydroxylation sites is 3. The second-order valence-electron chi connectivity index (χ2n) is 7.41. The van der Waals surface area contributed by atoms with Gasteiger partial charge in [-0.3, -0.25) is 9.59 Å². The highest BCUT2D eigenvalue weighted by Gasteiger charge is 2.16. The summed E-state index contributed by atoms with van der Waals surface area (Å²) in [6.07, 6.45) is 0. The van der Waals surface area contributed by atoms with Crippen molar-refractivity contribution >= 4 is 35.0 Å². The third kappa shape index (κ3) is 6.53. The largest absolute Gasteiger partial charge is 0.495 e. The van der Waals surface area contributed by atoms with Crippen molar-refractivity contribution in [3.8, 4) is 5.75 Å². The Hall–Kier alpha value is -2.47. The highest BCUT2D eigenvalue weighted by molar-refractivity contribution is 8.00. The van der Waals surface area contributed by atoms with Gasteiger partial charge in [-0.15, -0.1) is 11.8 Å². The predicted molar refractivity (Wildman–Crippen MR) is 122 cm³/mol. The number of carbonyl (C=O) groups is 2. The molecule has 0 atom stereocenters. The van der Waals surface area contributed by atoms with Gasteiger partial charge in [-0.05, 0) is 35.1 Å². The van der Waals surface area contributed by atoms with Gasteiger partial charge in [0.05, 0.1) is 24.3 Å². The molecule has 0 unspecified atom stereocenters. The third-order valence-corrected chi connectivity index (χ3v) is 5.42. The van der Waals surface area contributed by atoms with Crippen molar-refractivity contribution in [2.75, 3.05) is 29.2 Å². The molecule has 0 saturated heterocycles. The van der Waals surface area contributed by atoms with Gasteiger partial charge in [-0.25, -0.2) is 0 Å². The molecule has 2 rings (SSSR count). The molecular formula is C23H30N2O3S. The van der Waals surface area contributed by atoms with Crippen LogP contribution in [0.4, 0.5) is 11.4 Å². The van der Waals surface area contributed by atoms with E-state index in [1.54, 1.807) is 19.2 Å². The molecule has 0 aliphatic rings. The molecule has 5 nitrogen and oxygen atoms in total. The molecule has 6 heteroatoms. The molecule has 156 valence electrons. The lowest BCUT2D eigenvalue weighted by molar-refractivity contribution is -0.114. The maximum absolute atomic E-state index is 12.5. The molecule has 2 aromatic rings. The number of methoxy groups -OCH3 is 1. The molecule has 0 heterocycles. The van der Waals surface area contributed by atoms with Gasteiger partial charge in [0.15, 0.2) is 0 Å². The summed E-state index contributed by atoms with van der Waals surface area (Å²) < 4.78 is 5.23. The first-order valence-corrected chi connectivity index (χ1v) is 10.9. The maximum Gasteiger partial charge on any atom is 0.234 e. The molecule has 0 spiro atoms. The summed E-state index contributed by atoms with van der Waals surface area (Å²) in [6.45, 7) is 8.47. The number of hydrogen-bond acceptors (Lipinski definition) is 4. The second kappa shape index (κ2) is 10.9. The van der Waals surface area contributed by atoms with E-state index < -0.39 is 0 Å². The Morgan fingerprint density at radius 3 is 1.97 bits per heavy atom. The van der Waals surface area contributed by atoms with E-state index in [1.807, 2.05) is 18.2 Å². The van der Waals surface area contributed by atoms with E-state index in [9.17, 15) is 9.59 Å². The average Bonchev–Trinajstić information content (AvgIpc) is 2.68. The van der Waals surface area contributed by atoms with E-state index >= 15 is 0 Å². The SMILES string of the molecule is COc1ccccc1NC(=O)CSCC(=O)Nc1c(C(C)C)cccc1C(C)C. The van der Waals surface area contributed by atoms with Crippen LogP contribution in [0, 0.1) is 0 Å². The fourth-order valence-corrected chi connectivity index (χ4v) is 3.66. The number of carbonyl (C=O) groups excluding carboxylic acids is 2. The Bertz CT molecular complexity index is 824. The second-order valence-corrected chi connectivity index (χ2v) is 8.40. The first-order chi connectivity index (χ1) is 13.8. The highest BCUT2D eigenvalue weighted by Crippen LogP contribution is 2.32. The summed E-state index contributed by atoms with van der Waals surface area (Å²) in [4.78, 5) is 24.7. The normalized spacial score (nSPS) is 10.9. The van der Waals surface area contributed by atoms with E-state index in [0.29, 0.717) is 23.3 Å². The fraction of sp³-hybridized carbons (Fsp3) is 0.391. The minimum absolute atomic E-state index is 0.102. The van der Waals surface area contributed by atoms with E-state index in [-0.39, 0.29) is 23.3 Å². The van der Waals surface area contributed by atoms with Crippen LogP contribution in [0.15, 0.2) is 42.5 Å². The minimum Gasteiger partial charge on any atom is -0.495 e. The van der Waals surface area contributed by atoms with Crippen molar-refractivity contribution in [3.05, 3.63) is 53.6 Å². The average molecular weight is 415 g/mol. The number of nitrogens with one attached hydrogen (secondary N) is 2. The maximum atomic E-state index is 12.5. The number of amides is 2. The molecule has 0 aliphatic carbocycles. The Kier molecular flexibility index (Phi) is 8.58. The summed E-state index contributed by atoms with van der Waals surface area (Å²) in [5.74, 6) is 1.35. The first-order valence-electron chi connectivity index (χ1n) is 9.76. The molecule has 0 aromatic heterocycles. The number of thioether (sulfide) groups is 1. The van der Waals surface area contributed by atoms with E-state index in [4.69, 9.17) is 4.74 Å². The number of anilines is 2. The molecular weight excluding hydrogens is 384 g/mol. The standard InChI is InChI=1S/C23H30N2O3S/c1-15(2)17-9-8-10-18(16(3)4)23(17)25-22(27)14-29-13-21(26)24-19-11-6-7-12-20(19)28-5/h6-12,15-16H,13-14H2,1-5H3,(H,24,26)(H,25,27). The van der Waals surface area contributed by atoms with Gasteiger partial charge >= 0.3 is 0 Å². The van der Waals surface area contributed by atoms with Gasteiger partial charge in [-0.2, -0.15) is 0 Å². The molecule has 0 fully saturated rings. The lowest BCUT2D eigenvalue weighted by atomic mass is 9.92. The quantitative estimate of drug-likeness (QED) is 0.588. The van der Waals surface area contributed by atoms with E-state index in [0.717, 1.165) is 16.8 Å². The monoisotopic (exact) mass is 414 g/mol. The van der Waals surface area contributed by atoms with Gasteiger partial charge in [0.25, 0.3) is 0 Å². The predicted octanol–water partition coefficient (Wildman–Crippen LogP) is 5.25. The van der Waals surface area contributed by atoms with Gasteiger partial charge in [0, 0.05) is 5.69 Å². The van der Waals surface area contributed by atoms with Crippen molar-refractivity contribution in [1.82, 2.24) is 0 Å². The summed E-state index contributed by atoms with van der Waals surface area (Å²) in [6, 6.07) is 13.4. The van der Waals surface area contributed by atoms with Crippen molar-refractivity contribution in [2.24, 2.45) is 0 Å². The number of benzene rings is 2. The third-order valence-electron chi connectivity index (χ3n) is 4.48. The van der Waals surface area contributed by atoms with Gasteiger partial charge in [0.2, 0.25) is 11.8 Å².